The van der Waals surface area contributed by atoms with Crippen LogP contribution in [0, 0.1) is 11.3 Å². The Bertz CT molecular complexity index is 424. The van der Waals surface area contributed by atoms with Crippen LogP contribution in [0.3, 0.4) is 0 Å². The molecule has 0 bridgehead atoms. The predicted octanol–water partition coefficient (Wildman–Crippen LogP) is 1.11. The minimum Gasteiger partial charge on any atom is -0.396 e. The summed E-state index contributed by atoms with van der Waals surface area (Å²) in [6.45, 7) is 4.21. The molecule has 1 aliphatic heterocycles. The Morgan fingerprint density at radius 2 is 2.17 bits per heavy atom. The monoisotopic (exact) mass is 245 g/mol. The van der Waals surface area contributed by atoms with Crippen molar-refractivity contribution in [2.24, 2.45) is 0 Å². The van der Waals surface area contributed by atoms with Gasteiger partial charge in [0.2, 0.25) is 0 Å². The van der Waals surface area contributed by atoms with Gasteiger partial charge in [-0.3, -0.25) is 0 Å². The highest BCUT2D eigenvalue weighted by Gasteiger charge is 2.24. The maximum Gasteiger partial charge on any atom is 0.0991 e. The molecule has 96 valence electrons. The van der Waals surface area contributed by atoms with E-state index in [4.69, 9.17) is 10.4 Å². The molecule has 4 heteroatoms. The number of nitriles is 1. The van der Waals surface area contributed by atoms with Gasteiger partial charge in [0.15, 0.2) is 0 Å². The molecule has 0 aromatic heterocycles. The molecule has 0 radical (unpaired) electrons. The zero-order valence-electron chi connectivity index (χ0n) is 10.6. The van der Waals surface area contributed by atoms with E-state index in [1.165, 1.54) is 0 Å². The van der Waals surface area contributed by atoms with E-state index in [9.17, 15) is 0 Å². The lowest BCUT2D eigenvalue weighted by Gasteiger charge is -2.40. The third-order valence-corrected chi connectivity index (χ3v) is 3.46. The Morgan fingerprint density at radius 3 is 2.78 bits per heavy atom. The summed E-state index contributed by atoms with van der Waals surface area (Å²) >= 11 is 0. The van der Waals surface area contributed by atoms with Crippen LogP contribution in [0.4, 0.5) is 5.69 Å². The minimum absolute atomic E-state index is 0.216. The van der Waals surface area contributed by atoms with Gasteiger partial charge in [-0.1, -0.05) is 0 Å². The van der Waals surface area contributed by atoms with Crippen molar-refractivity contribution in [2.45, 2.75) is 25.4 Å². The zero-order chi connectivity index (χ0) is 13.0. The van der Waals surface area contributed by atoms with Crippen LogP contribution in [-0.2, 0) is 0 Å². The van der Waals surface area contributed by atoms with Gasteiger partial charge < -0.3 is 15.3 Å². The van der Waals surface area contributed by atoms with Crippen molar-refractivity contribution in [3.8, 4) is 6.07 Å². The Balaban J connectivity index is 2.11. The normalized spacial score (nSPS) is 23.7. The molecule has 1 aromatic rings. The SMILES string of the molecule is CC1CNC(CCO)CN1c1ccc(C#N)cc1. The average Bonchev–Trinajstić information content (AvgIpc) is 2.41. The van der Waals surface area contributed by atoms with Gasteiger partial charge in [-0.25, -0.2) is 0 Å². The summed E-state index contributed by atoms with van der Waals surface area (Å²) in [7, 11) is 0. The van der Waals surface area contributed by atoms with Gasteiger partial charge in [0.1, 0.15) is 0 Å². The van der Waals surface area contributed by atoms with Crippen LogP contribution in [0.5, 0.6) is 0 Å². The summed E-state index contributed by atoms with van der Waals surface area (Å²) < 4.78 is 0. The van der Waals surface area contributed by atoms with E-state index in [-0.39, 0.29) is 6.61 Å². The fraction of sp³-hybridized carbons (Fsp3) is 0.500. The minimum atomic E-state index is 0.216. The lowest BCUT2D eigenvalue weighted by Crippen LogP contribution is -2.55. The molecule has 0 aliphatic carbocycles. The van der Waals surface area contributed by atoms with Crippen LogP contribution in [-0.4, -0.2) is 36.9 Å². The summed E-state index contributed by atoms with van der Waals surface area (Å²) in [5.41, 5.74) is 1.83. The first kappa shape index (κ1) is 12.9. The lowest BCUT2D eigenvalue weighted by atomic mass is 10.1. The van der Waals surface area contributed by atoms with Crippen molar-refractivity contribution in [1.29, 1.82) is 5.26 Å². The molecule has 2 unspecified atom stereocenters. The van der Waals surface area contributed by atoms with Gasteiger partial charge >= 0.3 is 0 Å². The smallest absolute Gasteiger partial charge is 0.0991 e. The molecule has 18 heavy (non-hydrogen) atoms. The fourth-order valence-electron chi connectivity index (χ4n) is 2.37. The van der Waals surface area contributed by atoms with Crippen molar-refractivity contribution in [3.05, 3.63) is 29.8 Å². The van der Waals surface area contributed by atoms with Crippen molar-refractivity contribution in [2.75, 3.05) is 24.6 Å². The molecule has 1 saturated heterocycles. The van der Waals surface area contributed by atoms with Crippen LogP contribution in [0.25, 0.3) is 0 Å². The van der Waals surface area contributed by atoms with Gasteiger partial charge in [-0.05, 0) is 37.6 Å². The number of aliphatic hydroxyl groups is 1. The molecule has 0 spiro atoms. The maximum atomic E-state index is 9.01. The molecule has 0 saturated carbocycles. The Hall–Kier alpha value is -1.57. The topological polar surface area (TPSA) is 59.3 Å². The highest BCUT2D eigenvalue weighted by atomic mass is 16.3. The van der Waals surface area contributed by atoms with Gasteiger partial charge in [0.05, 0.1) is 11.6 Å². The van der Waals surface area contributed by atoms with E-state index in [1.807, 2.05) is 24.3 Å². The number of hydrogen-bond donors (Lipinski definition) is 2. The molecule has 1 aliphatic rings. The maximum absolute atomic E-state index is 9.01. The van der Waals surface area contributed by atoms with Gasteiger partial charge in [0, 0.05) is 37.5 Å². The second-order valence-corrected chi connectivity index (χ2v) is 4.78. The van der Waals surface area contributed by atoms with Crippen molar-refractivity contribution < 1.29 is 5.11 Å². The molecular formula is C14H19N3O. The second-order valence-electron chi connectivity index (χ2n) is 4.78. The number of nitrogens with one attached hydrogen (secondary N) is 1. The van der Waals surface area contributed by atoms with Crippen molar-refractivity contribution >= 4 is 5.69 Å². The van der Waals surface area contributed by atoms with Crippen molar-refractivity contribution in [1.82, 2.24) is 5.32 Å². The zero-order valence-corrected chi connectivity index (χ0v) is 10.6. The molecule has 1 fully saturated rings. The Morgan fingerprint density at radius 1 is 1.44 bits per heavy atom. The fourth-order valence-corrected chi connectivity index (χ4v) is 2.37. The summed E-state index contributed by atoms with van der Waals surface area (Å²) in [6, 6.07) is 10.6. The van der Waals surface area contributed by atoms with E-state index in [0.717, 1.165) is 25.2 Å². The molecule has 1 heterocycles. The predicted molar refractivity (Wildman–Crippen MR) is 71.5 cm³/mol. The van der Waals surface area contributed by atoms with Crippen LogP contribution >= 0.6 is 0 Å². The quantitative estimate of drug-likeness (QED) is 0.837. The number of aliphatic hydroxyl groups excluding tert-OH is 1. The molecule has 2 rings (SSSR count). The number of benzene rings is 1. The number of piperazine rings is 1. The standard InChI is InChI=1S/C14H19N3O/c1-11-9-16-13(6-7-18)10-17(11)14-4-2-12(8-15)3-5-14/h2-5,11,13,16,18H,6-7,9-10H2,1H3. The van der Waals surface area contributed by atoms with E-state index in [1.54, 1.807) is 0 Å². The third kappa shape index (κ3) is 2.81. The molecule has 2 N–H and O–H groups in total. The first-order valence-electron chi connectivity index (χ1n) is 6.35. The third-order valence-electron chi connectivity index (χ3n) is 3.46. The summed E-state index contributed by atoms with van der Waals surface area (Å²) in [5.74, 6) is 0. The van der Waals surface area contributed by atoms with Gasteiger partial charge in [-0.15, -0.1) is 0 Å². The number of hydrogen-bond acceptors (Lipinski definition) is 4. The van der Waals surface area contributed by atoms with Crippen LogP contribution < -0.4 is 10.2 Å². The van der Waals surface area contributed by atoms with Crippen LogP contribution in [0.15, 0.2) is 24.3 Å². The lowest BCUT2D eigenvalue weighted by molar-refractivity contribution is 0.255. The molecule has 2 atom stereocenters. The summed E-state index contributed by atoms with van der Waals surface area (Å²) in [4.78, 5) is 2.33. The summed E-state index contributed by atoms with van der Waals surface area (Å²) in [6.07, 6.45) is 0.777. The highest BCUT2D eigenvalue weighted by molar-refractivity contribution is 5.51. The number of rotatable bonds is 3. The Labute approximate surface area is 108 Å². The van der Waals surface area contributed by atoms with Crippen LogP contribution in [0.2, 0.25) is 0 Å². The molecule has 1 aromatic carbocycles. The van der Waals surface area contributed by atoms with Gasteiger partial charge in [0.25, 0.3) is 0 Å². The van der Waals surface area contributed by atoms with E-state index < -0.39 is 0 Å². The average molecular weight is 245 g/mol. The van der Waals surface area contributed by atoms with Crippen LogP contribution in [0.1, 0.15) is 18.9 Å². The molecule has 0 amide bonds. The second kappa shape index (κ2) is 5.85. The Kier molecular flexibility index (Phi) is 4.19. The van der Waals surface area contributed by atoms with Crippen molar-refractivity contribution in [3.63, 3.8) is 0 Å². The molecular weight excluding hydrogens is 226 g/mol. The number of nitrogens with zero attached hydrogens (tertiary/aromatic N) is 2. The van der Waals surface area contributed by atoms with E-state index in [2.05, 4.69) is 23.2 Å². The van der Waals surface area contributed by atoms with E-state index in [0.29, 0.717) is 17.6 Å². The summed E-state index contributed by atoms with van der Waals surface area (Å²) in [5, 5.41) is 21.3. The first-order valence-corrected chi connectivity index (χ1v) is 6.35. The highest BCUT2D eigenvalue weighted by Crippen LogP contribution is 2.20. The van der Waals surface area contributed by atoms with Gasteiger partial charge in [-0.2, -0.15) is 5.26 Å². The number of anilines is 1. The first-order chi connectivity index (χ1) is 8.74. The van der Waals surface area contributed by atoms with E-state index >= 15 is 0 Å². The largest absolute Gasteiger partial charge is 0.396 e. The molecule has 4 nitrogen and oxygen atoms in total.